The van der Waals surface area contributed by atoms with Crippen LogP contribution >= 0.6 is 36.2 Å². The highest BCUT2D eigenvalue weighted by atomic mass is 32.2. The Kier molecular flexibility index (Phi) is 16.0. The van der Waals surface area contributed by atoms with Crippen molar-refractivity contribution >= 4 is 48.3 Å². The summed E-state index contributed by atoms with van der Waals surface area (Å²) in [5.74, 6) is 1.14. The number of methoxy groups -OCH3 is 2. The molecule has 0 saturated carbocycles. The zero-order chi connectivity index (χ0) is 37.6. The van der Waals surface area contributed by atoms with Gasteiger partial charge < -0.3 is 45.0 Å². The molecule has 4 aromatic rings. The lowest BCUT2D eigenvalue weighted by molar-refractivity contribution is 0.0502. The molecule has 278 valence electrons. The zero-order valence-electron chi connectivity index (χ0n) is 29.4. The van der Waals surface area contributed by atoms with Gasteiger partial charge in [0.05, 0.1) is 26.4 Å². The Morgan fingerprint density at radius 3 is 1.79 bits per heavy atom. The molecule has 0 fully saturated rings. The van der Waals surface area contributed by atoms with E-state index < -0.39 is 12.2 Å². The van der Waals surface area contributed by atoms with E-state index in [1.165, 1.54) is 50.2 Å². The number of ether oxygens (including phenoxy) is 2. The van der Waals surface area contributed by atoms with Crippen LogP contribution in [-0.2, 0) is 6.54 Å². The number of phenolic OH excluding ortho intramolecular Hbond substituents is 4. The molecule has 6 N–H and O–H groups in total. The monoisotopic (exact) mass is 765 g/mol. The fraction of sp³-hybridized carbons (Fsp3) is 0.300. The minimum atomic E-state index is -0.956. The van der Waals surface area contributed by atoms with E-state index in [-0.39, 0.29) is 45.0 Å². The van der Waals surface area contributed by atoms with Crippen molar-refractivity contribution < 1.29 is 40.1 Å². The second-order valence-electron chi connectivity index (χ2n) is 12.1. The van der Waals surface area contributed by atoms with Crippen LogP contribution in [0.1, 0.15) is 38.3 Å². The normalized spacial score (nSPS) is 14.1. The number of thiol groups is 1. The number of hydrogen-bond donors (Lipinski definition) is 7. The van der Waals surface area contributed by atoms with Crippen LogP contribution in [0, 0.1) is 0 Å². The number of benzene rings is 4. The van der Waals surface area contributed by atoms with E-state index in [4.69, 9.17) is 9.47 Å². The van der Waals surface area contributed by atoms with Crippen LogP contribution in [0.15, 0.2) is 91.0 Å². The Morgan fingerprint density at radius 2 is 1.23 bits per heavy atom. The molecule has 0 aromatic heterocycles. The third-order valence-corrected chi connectivity index (χ3v) is 11.2. The summed E-state index contributed by atoms with van der Waals surface area (Å²) in [5.41, 5.74) is 4.50. The van der Waals surface area contributed by atoms with Gasteiger partial charge in [-0.25, -0.2) is 0 Å². The molecule has 9 nitrogen and oxygen atoms in total. The quantitative estimate of drug-likeness (QED) is 0.0382. The summed E-state index contributed by atoms with van der Waals surface area (Å²) < 4.78 is 10.8. The molecule has 0 heterocycles. The van der Waals surface area contributed by atoms with E-state index in [1.54, 1.807) is 11.8 Å². The lowest BCUT2D eigenvalue weighted by Crippen LogP contribution is -2.29. The van der Waals surface area contributed by atoms with E-state index in [0.29, 0.717) is 29.2 Å². The Balaban J connectivity index is 1.47. The predicted molar refractivity (Wildman–Crippen MR) is 216 cm³/mol. The van der Waals surface area contributed by atoms with Gasteiger partial charge in [0.15, 0.2) is 23.0 Å². The van der Waals surface area contributed by atoms with Crippen molar-refractivity contribution in [2.24, 2.45) is 0 Å². The van der Waals surface area contributed by atoms with Crippen LogP contribution in [0.5, 0.6) is 34.5 Å². The first-order chi connectivity index (χ1) is 25.0. The van der Waals surface area contributed by atoms with Crippen LogP contribution in [0.3, 0.4) is 0 Å². The minimum absolute atomic E-state index is 0.0358. The van der Waals surface area contributed by atoms with Crippen LogP contribution in [0.2, 0.25) is 0 Å². The van der Waals surface area contributed by atoms with Gasteiger partial charge in [-0.3, -0.25) is 0 Å². The maximum atomic E-state index is 10.5. The molecular weight excluding hydrogens is 719 g/mol. The third kappa shape index (κ3) is 11.8. The fourth-order valence-electron chi connectivity index (χ4n) is 5.34. The SMILES string of the molecule is COc1cc(O)c(O)cc1/C=C/C(SCCN(C)Cc1cccc(C(/C=C/c2cc(O)c(O)cc2OC)SCC(O)C(O)CS)c1)c1ccccc1. The van der Waals surface area contributed by atoms with E-state index in [2.05, 4.69) is 54.9 Å². The van der Waals surface area contributed by atoms with Gasteiger partial charge in [-0.2, -0.15) is 12.6 Å². The van der Waals surface area contributed by atoms with Gasteiger partial charge >= 0.3 is 0 Å². The van der Waals surface area contributed by atoms with Crippen LogP contribution in [-0.4, -0.2) is 92.8 Å². The van der Waals surface area contributed by atoms with Gasteiger partial charge in [-0.05, 0) is 35.9 Å². The number of hydrogen-bond acceptors (Lipinski definition) is 12. The third-order valence-electron chi connectivity index (χ3n) is 8.26. The highest BCUT2D eigenvalue weighted by molar-refractivity contribution is 7.99. The zero-order valence-corrected chi connectivity index (χ0v) is 31.9. The summed E-state index contributed by atoms with van der Waals surface area (Å²) in [6.07, 6.45) is 5.83. The maximum absolute atomic E-state index is 10.5. The summed E-state index contributed by atoms with van der Waals surface area (Å²) in [4.78, 5) is 2.26. The average molecular weight is 766 g/mol. The minimum Gasteiger partial charge on any atom is -0.504 e. The second-order valence-corrected chi connectivity index (χ2v) is 14.9. The highest BCUT2D eigenvalue weighted by Crippen LogP contribution is 2.38. The van der Waals surface area contributed by atoms with Crippen molar-refractivity contribution in [1.29, 1.82) is 0 Å². The molecule has 52 heavy (non-hydrogen) atoms. The van der Waals surface area contributed by atoms with Gasteiger partial charge in [0, 0.05) is 64.1 Å². The van der Waals surface area contributed by atoms with E-state index in [1.807, 2.05) is 48.6 Å². The molecule has 0 aliphatic carbocycles. The molecule has 0 radical (unpaired) electrons. The number of rotatable bonds is 19. The highest BCUT2D eigenvalue weighted by Gasteiger charge is 2.19. The number of aliphatic hydroxyl groups is 2. The summed E-state index contributed by atoms with van der Waals surface area (Å²) in [6, 6.07) is 24.1. The fourth-order valence-corrected chi connectivity index (χ4v) is 7.95. The molecule has 0 spiro atoms. The molecule has 0 aliphatic heterocycles. The van der Waals surface area contributed by atoms with Crippen molar-refractivity contribution in [3.8, 4) is 34.5 Å². The standard InChI is InChI=1S/C40H47NO8S3/c1-41(16-17-51-39(27-9-5-4-6-10-27)14-12-28-19-31(42)33(44)21-37(28)48-2)23-26-8-7-11-30(18-26)40(52-25-36(47)35(46)24-50)15-13-29-20-32(43)34(45)22-38(29)49-3/h4-15,18-22,35-36,39-40,42-47,50H,16-17,23-25H2,1-3H3/b14-12+,15-13+. The number of thioether (sulfide) groups is 2. The van der Waals surface area contributed by atoms with Crippen LogP contribution < -0.4 is 9.47 Å². The lowest BCUT2D eigenvalue weighted by Gasteiger charge is -2.21. The summed E-state index contributed by atoms with van der Waals surface area (Å²) >= 11 is 7.39. The number of phenols is 4. The Bertz CT molecular complexity index is 1790. The van der Waals surface area contributed by atoms with Crippen molar-refractivity contribution in [3.05, 3.63) is 119 Å². The summed E-state index contributed by atoms with van der Waals surface area (Å²) in [7, 11) is 5.09. The molecule has 12 heteroatoms. The van der Waals surface area contributed by atoms with E-state index in [9.17, 15) is 30.6 Å². The first kappa shape index (κ1) is 40.9. The van der Waals surface area contributed by atoms with Crippen molar-refractivity contribution in [2.75, 3.05) is 45.1 Å². The van der Waals surface area contributed by atoms with Crippen molar-refractivity contribution in [1.82, 2.24) is 4.90 Å². The first-order valence-corrected chi connectivity index (χ1v) is 19.3. The number of aliphatic hydroxyl groups excluding tert-OH is 2. The molecule has 0 amide bonds. The largest absolute Gasteiger partial charge is 0.504 e. The average Bonchev–Trinajstić information content (AvgIpc) is 3.15. The molecule has 0 saturated heterocycles. The van der Waals surface area contributed by atoms with Crippen LogP contribution in [0.4, 0.5) is 0 Å². The smallest absolute Gasteiger partial charge is 0.161 e. The second kappa shape index (κ2) is 20.4. The van der Waals surface area contributed by atoms with Gasteiger partial charge in [0.25, 0.3) is 0 Å². The van der Waals surface area contributed by atoms with Gasteiger partial charge in [0.1, 0.15) is 11.5 Å². The van der Waals surface area contributed by atoms with Crippen molar-refractivity contribution in [2.45, 2.75) is 29.3 Å². The topological polar surface area (TPSA) is 143 Å². The predicted octanol–water partition coefficient (Wildman–Crippen LogP) is 7.29. The van der Waals surface area contributed by atoms with Crippen LogP contribution in [0.25, 0.3) is 12.2 Å². The van der Waals surface area contributed by atoms with Gasteiger partial charge in [-0.1, -0.05) is 78.9 Å². The molecule has 4 unspecified atom stereocenters. The molecule has 4 atom stereocenters. The molecule has 4 aromatic carbocycles. The Hall–Kier alpha value is -3.91. The summed E-state index contributed by atoms with van der Waals surface area (Å²) in [6.45, 7) is 1.51. The summed E-state index contributed by atoms with van der Waals surface area (Å²) in [5, 5.41) is 60.4. The van der Waals surface area contributed by atoms with Gasteiger partial charge in [-0.15, -0.1) is 23.5 Å². The number of nitrogens with zero attached hydrogens (tertiary/aromatic N) is 1. The Labute approximate surface area is 319 Å². The molecule has 4 rings (SSSR count). The van der Waals surface area contributed by atoms with Crippen molar-refractivity contribution in [3.63, 3.8) is 0 Å². The number of aromatic hydroxyl groups is 4. The molecule has 0 aliphatic rings. The van der Waals surface area contributed by atoms with E-state index in [0.717, 1.165) is 29.0 Å². The van der Waals surface area contributed by atoms with Gasteiger partial charge in [0.2, 0.25) is 0 Å². The molecule has 0 bridgehead atoms. The lowest BCUT2D eigenvalue weighted by atomic mass is 10.1. The first-order valence-electron chi connectivity index (χ1n) is 16.6. The maximum Gasteiger partial charge on any atom is 0.161 e. The van der Waals surface area contributed by atoms with E-state index >= 15 is 0 Å². The molecular formula is C40H47NO8S3. The Morgan fingerprint density at radius 1 is 0.692 bits per heavy atom.